The van der Waals surface area contributed by atoms with Gasteiger partial charge in [0.15, 0.2) is 0 Å². The molecule has 0 saturated heterocycles. The Morgan fingerprint density at radius 3 is 1.66 bits per heavy atom. The van der Waals surface area contributed by atoms with E-state index in [2.05, 4.69) is 33.0 Å². The van der Waals surface area contributed by atoms with E-state index in [9.17, 15) is 26.3 Å². The Bertz CT molecular complexity index is 851. The Balaban J connectivity index is 0.00000961. The van der Waals surface area contributed by atoms with E-state index in [4.69, 9.17) is 12.6 Å². The Labute approximate surface area is 202 Å². The fourth-order valence-corrected chi connectivity index (χ4v) is 2.15. The molecule has 1 aromatic carbocycles. The molecule has 0 unspecified atom stereocenters. The molecule has 15 heteroatoms. The summed E-state index contributed by atoms with van der Waals surface area (Å²) in [7, 11) is 0. The summed E-state index contributed by atoms with van der Waals surface area (Å²) in [6.45, 7) is 0.624. The normalized spacial score (nSPS) is 14.1. The van der Waals surface area contributed by atoms with Gasteiger partial charge in [-0.25, -0.2) is 0 Å². The van der Waals surface area contributed by atoms with Crippen LogP contribution in [0.4, 0.5) is 26.3 Å². The molecule has 1 radical (unpaired) electrons. The van der Waals surface area contributed by atoms with Crippen LogP contribution in [0.25, 0.3) is 0 Å². The fraction of sp³-hybridized carbons (Fsp3) is 0.412. The molecule has 0 saturated carbocycles. The van der Waals surface area contributed by atoms with Crippen molar-refractivity contribution in [1.82, 2.24) is 10.6 Å². The molecule has 6 nitrogen and oxygen atoms in total. The number of nitrogens with zero attached hydrogens (tertiary/aromatic N) is 4. The molecule has 1 rings (SSSR count). The van der Waals surface area contributed by atoms with Crippen LogP contribution in [0.1, 0.15) is 25.0 Å². The zero-order valence-electron chi connectivity index (χ0n) is 16.6. The molecule has 0 fully saturated rings. The average Bonchev–Trinajstić information content (AvgIpc) is 2.68. The fourth-order valence-electron chi connectivity index (χ4n) is 1.92. The first-order valence-corrected chi connectivity index (χ1v) is 9.45. The molecule has 32 heavy (non-hydrogen) atoms. The quantitative estimate of drug-likeness (QED) is 0.137. The summed E-state index contributed by atoms with van der Waals surface area (Å²) < 4.78 is 73.5. The van der Waals surface area contributed by atoms with Crippen molar-refractivity contribution in [2.45, 2.75) is 32.6 Å². The van der Waals surface area contributed by atoms with Gasteiger partial charge in [0, 0.05) is 5.56 Å². The minimum absolute atomic E-state index is 0. The first-order chi connectivity index (χ1) is 14.3. The van der Waals surface area contributed by atoms with Crippen molar-refractivity contribution in [2.75, 3.05) is 13.1 Å². The number of rotatable bonds is 7. The molecule has 0 aromatic heterocycles. The molecule has 0 aliphatic heterocycles. The summed E-state index contributed by atoms with van der Waals surface area (Å²) in [5.74, 6) is 0. The van der Waals surface area contributed by atoms with Crippen molar-refractivity contribution in [3.05, 3.63) is 35.4 Å². The monoisotopic (exact) mass is 547 g/mol. The third-order valence-electron chi connectivity index (χ3n) is 3.39. The van der Waals surface area contributed by atoms with Crippen LogP contribution >= 0.6 is 0 Å². The number of aryl methyl sites for hydroxylation is 1. The standard InChI is InChI=1S/C17H20F6N6S2.Cu/c1-3-11-4-6-12(7-5-11)13(27-29-15(31)25-9-17(21,22)23)10(2)26-28-14(30)24-8-16(18,19)20;/h4-7H,3,8-9H2,1-2H3,(H2,24,28,30)(H2,25,29,31);/q;+2/p-2/b26-10+,27-13-;. The van der Waals surface area contributed by atoms with E-state index < -0.39 is 35.8 Å². The summed E-state index contributed by atoms with van der Waals surface area (Å²) in [6.07, 6.45) is -8.20. The van der Waals surface area contributed by atoms with Crippen molar-refractivity contribution < 1.29 is 43.4 Å². The third-order valence-corrected chi connectivity index (χ3v) is 3.84. The third kappa shape index (κ3) is 12.8. The van der Waals surface area contributed by atoms with E-state index in [1.165, 1.54) is 6.92 Å². The van der Waals surface area contributed by atoms with Gasteiger partial charge in [-0.3, -0.25) is 0 Å². The number of hydrogen-bond donors (Lipinski definition) is 2. The molecule has 1 aromatic rings. The summed E-state index contributed by atoms with van der Waals surface area (Å²) in [6, 6.07) is 6.95. The molecular weight excluding hydrogens is 530 g/mol. The average molecular weight is 548 g/mol. The summed E-state index contributed by atoms with van der Waals surface area (Å²) >= 11 is 9.37. The second-order valence-corrected chi connectivity index (χ2v) is 6.71. The minimum Gasteiger partial charge on any atom is -0.741 e. The zero-order valence-corrected chi connectivity index (χ0v) is 19.2. The van der Waals surface area contributed by atoms with E-state index >= 15 is 0 Å². The number of amidine groups is 2. The van der Waals surface area contributed by atoms with Gasteiger partial charge in [0.2, 0.25) is 0 Å². The Kier molecular flexibility index (Phi) is 12.7. The van der Waals surface area contributed by atoms with Crippen LogP contribution < -0.4 is 10.6 Å². The van der Waals surface area contributed by atoms with E-state index in [0.717, 1.165) is 12.0 Å². The molecule has 0 spiro atoms. The summed E-state index contributed by atoms with van der Waals surface area (Å²) in [5, 5.41) is 17.4. The van der Waals surface area contributed by atoms with Crippen LogP contribution in [0.3, 0.4) is 0 Å². The number of alkyl halides is 6. The molecule has 0 aliphatic carbocycles. The molecule has 0 atom stereocenters. The van der Waals surface area contributed by atoms with Gasteiger partial charge >= 0.3 is 29.4 Å². The van der Waals surface area contributed by atoms with Crippen molar-refractivity contribution in [3.8, 4) is 0 Å². The van der Waals surface area contributed by atoms with Gasteiger partial charge in [-0.15, -0.1) is 5.10 Å². The molecule has 0 amide bonds. The number of hydrogen-bond acceptors (Lipinski definition) is 6. The van der Waals surface area contributed by atoms with Gasteiger partial charge in [-0.2, -0.15) is 41.6 Å². The predicted molar refractivity (Wildman–Crippen MR) is 113 cm³/mol. The predicted octanol–water partition coefficient (Wildman–Crippen LogP) is 3.44. The first kappa shape index (κ1) is 30.0. The molecule has 181 valence electrons. The molecule has 0 bridgehead atoms. The van der Waals surface area contributed by atoms with Crippen molar-refractivity contribution in [3.63, 3.8) is 0 Å². The molecule has 2 N–H and O–H groups in total. The second-order valence-electron chi connectivity index (χ2n) is 5.93. The maximum absolute atomic E-state index is 12.3. The van der Waals surface area contributed by atoms with Crippen LogP contribution in [-0.4, -0.2) is 47.2 Å². The van der Waals surface area contributed by atoms with Gasteiger partial charge in [-0.1, -0.05) is 31.2 Å². The number of nitrogens with one attached hydrogen (secondary N) is 2. The van der Waals surface area contributed by atoms with Crippen molar-refractivity contribution in [2.24, 2.45) is 20.4 Å². The van der Waals surface area contributed by atoms with Crippen LogP contribution in [0.2, 0.25) is 0 Å². The van der Waals surface area contributed by atoms with Crippen LogP contribution in [0.5, 0.6) is 0 Å². The molecule has 0 aliphatic rings. The van der Waals surface area contributed by atoms with E-state index in [0.29, 0.717) is 5.56 Å². The first-order valence-electron chi connectivity index (χ1n) is 8.63. The maximum Gasteiger partial charge on any atom is 2.00 e. The van der Waals surface area contributed by atoms with Gasteiger partial charge in [-0.05, 0) is 29.2 Å². The summed E-state index contributed by atoms with van der Waals surface area (Å²) in [4.78, 5) is 0. The SMILES string of the molecule is CCc1ccc(C(=N\N=C(/[S-])NCC(F)(F)F)/C(C)=N/N=C(\[S-])NCC(F)(F)F)cc1.[Cu+2]. The van der Waals surface area contributed by atoms with Crippen LogP contribution in [0.15, 0.2) is 44.7 Å². The largest absolute Gasteiger partial charge is 2.00 e. The smallest absolute Gasteiger partial charge is 0.741 e. The maximum atomic E-state index is 12.3. The van der Waals surface area contributed by atoms with Crippen molar-refractivity contribution in [1.29, 1.82) is 0 Å². The molecular formula is C17H18CuF6N6S2. The van der Waals surface area contributed by atoms with Gasteiger partial charge in [0.25, 0.3) is 0 Å². The number of benzene rings is 1. The molecule has 0 heterocycles. The van der Waals surface area contributed by atoms with E-state index in [-0.39, 0.29) is 28.5 Å². The van der Waals surface area contributed by atoms with Crippen molar-refractivity contribution >= 4 is 47.0 Å². The van der Waals surface area contributed by atoms with Crippen LogP contribution in [0, 0.1) is 0 Å². The van der Waals surface area contributed by atoms with E-state index in [1.807, 2.05) is 17.6 Å². The van der Waals surface area contributed by atoms with Gasteiger partial charge < -0.3 is 35.9 Å². The number of halogens is 6. The van der Waals surface area contributed by atoms with E-state index in [1.54, 1.807) is 24.3 Å². The topological polar surface area (TPSA) is 73.5 Å². The Hall–Kier alpha value is -1.96. The van der Waals surface area contributed by atoms with Crippen LogP contribution in [-0.2, 0) is 48.7 Å². The van der Waals surface area contributed by atoms with Gasteiger partial charge in [0.05, 0.1) is 5.71 Å². The summed E-state index contributed by atoms with van der Waals surface area (Å²) in [5.41, 5.74) is 1.70. The Morgan fingerprint density at radius 2 is 1.25 bits per heavy atom. The van der Waals surface area contributed by atoms with Gasteiger partial charge in [0.1, 0.15) is 18.8 Å². The minimum atomic E-state index is -4.49. The second kappa shape index (κ2) is 13.6. The zero-order chi connectivity index (χ0) is 23.7. The Morgan fingerprint density at radius 1 is 0.812 bits per heavy atom.